The predicted molar refractivity (Wildman–Crippen MR) is 102 cm³/mol. The van der Waals surface area contributed by atoms with Crippen molar-refractivity contribution in [2.45, 2.75) is 25.8 Å². The first kappa shape index (κ1) is 20.4. The molecule has 1 aromatic rings. The molecule has 1 saturated heterocycles. The van der Waals surface area contributed by atoms with Gasteiger partial charge < -0.3 is 19.9 Å². The molecule has 1 heterocycles. The standard InChI is InChI=1S/C20H31N3O3/c1-15-5-7-16(8-6-15)18(22(2)3)13-21-20(25)17-9-11-23(12-10-17)19(24)14-26-4/h5-8,17-18H,9-14H2,1-4H3,(H,21,25)/t18-/m1/s1. The highest BCUT2D eigenvalue weighted by molar-refractivity contribution is 5.80. The number of aryl methyl sites for hydroxylation is 1. The van der Waals surface area contributed by atoms with Gasteiger partial charge in [-0.1, -0.05) is 29.8 Å². The summed E-state index contributed by atoms with van der Waals surface area (Å²) in [6, 6.07) is 8.57. The minimum Gasteiger partial charge on any atom is -0.375 e. The number of carbonyl (C=O) groups is 2. The first-order valence-corrected chi connectivity index (χ1v) is 9.19. The summed E-state index contributed by atoms with van der Waals surface area (Å²) >= 11 is 0. The molecule has 144 valence electrons. The zero-order valence-corrected chi connectivity index (χ0v) is 16.3. The highest BCUT2D eigenvalue weighted by Crippen LogP contribution is 2.20. The van der Waals surface area contributed by atoms with Gasteiger partial charge in [0.25, 0.3) is 0 Å². The molecule has 6 nitrogen and oxygen atoms in total. The van der Waals surface area contributed by atoms with Crippen LogP contribution in [0.25, 0.3) is 0 Å². The number of likely N-dealkylation sites (tertiary alicyclic amines) is 1. The smallest absolute Gasteiger partial charge is 0.248 e. The van der Waals surface area contributed by atoms with Crippen molar-refractivity contribution in [3.63, 3.8) is 0 Å². The van der Waals surface area contributed by atoms with Crippen LogP contribution in [0.3, 0.4) is 0 Å². The van der Waals surface area contributed by atoms with Gasteiger partial charge in [-0.25, -0.2) is 0 Å². The molecule has 26 heavy (non-hydrogen) atoms. The number of methoxy groups -OCH3 is 1. The van der Waals surface area contributed by atoms with Gasteiger partial charge in [-0.15, -0.1) is 0 Å². The Morgan fingerprint density at radius 1 is 1.23 bits per heavy atom. The van der Waals surface area contributed by atoms with Crippen molar-refractivity contribution < 1.29 is 14.3 Å². The van der Waals surface area contributed by atoms with E-state index in [1.165, 1.54) is 18.2 Å². The summed E-state index contributed by atoms with van der Waals surface area (Å²) in [5.74, 6) is 0.0589. The van der Waals surface area contributed by atoms with Gasteiger partial charge in [0, 0.05) is 32.7 Å². The molecule has 1 fully saturated rings. The Labute approximate surface area is 156 Å². The second-order valence-electron chi connectivity index (χ2n) is 7.22. The lowest BCUT2D eigenvalue weighted by Gasteiger charge is -2.32. The maximum absolute atomic E-state index is 12.6. The molecule has 2 rings (SSSR count). The summed E-state index contributed by atoms with van der Waals surface area (Å²) < 4.78 is 4.89. The van der Waals surface area contributed by atoms with Crippen LogP contribution in [-0.2, 0) is 14.3 Å². The Bertz CT molecular complexity index is 593. The number of piperidine rings is 1. The van der Waals surface area contributed by atoms with Crippen LogP contribution in [0, 0.1) is 12.8 Å². The van der Waals surface area contributed by atoms with Crippen LogP contribution < -0.4 is 5.32 Å². The van der Waals surface area contributed by atoms with E-state index >= 15 is 0 Å². The van der Waals surface area contributed by atoms with Gasteiger partial charge in [-0.05, 0) is 39.4 Å². The maximum Gasteiger partial charge on any atom is 0.248 e. The Kier molecular flexibility index (Phi) is 7.60. The van der Waals surface area contributed by atoms with E-state index in [9.17, 15) is 9.59 Å². The zero-order chi connectivity index (χ0) is 19.1. The van der Waals surface area contributed by atoms with E-state index in [1.807, 2.05) is 14.1 Å². The number of likely N-dealkylation sites (N-methyl/N-ethyl adjacent to an activating group) is 1. The molecule has 0 unspecified atom stereocenters. The van der Waals surface area contributed by atoms with Gasteiger partial charge in [0.2, 0.25) is 11.8 Å². The molecule has 1 aliphatic heterocycles. The Morgan fingerprint density at radius 3 is 2.38 bits per heavy atom. The van der Waals surface area contributed by atoms with E-state index in [0.717, 1.165) is 0 Å². The van der Waals surface area contributed by atoms with Crippen LogP contribution in [0.15, 0.2) is 24.3 Å². The first-order chi connectivity index (χ1) is 12.4. The van der Waals surface area contributed by atoms with E-state index in [1.54, 1.807) is 4.90 Å². The lowest BCUT2D eigenvalue weighted by Crippen LogP contribution is -2.45. The van der Waals surface area contributed by atoms with E-state index in [4.69, 9.17) is 4.74 Å². The fourth-order valence-corrected chi connectivity index (χ4v) is 3.33. The molecule has 0 aliphatic carbocycles. The summed E-state index contributed by atoms with van der Waals surface area (Å²) in [6.45, 7) is 4.00. The second kappa shape index (κ2) is 9.69. The summed E-state index contributed by atoms with van der Waals surface area (Å²) in [7, 11) is 5.57. The lowest BCUT2D eigenvalue weighted by molar-refractivity contribution is -0.138. The number of carbonyl (C=O) groups excluding carboxylic acids is 2. The highest BCUT2D eigenvalue weighted by Gasteiger charge is 2.27. The molecular weight excluding hydrogens is 330 g/mol. The second-order valence-corrected chi connectivity index (χ2v) is 7.22. The SMILES string of the molecule is COCC(=O)N1CCC(C(=O)NC[C@H](c2ccc(C)cc2)N(C)C)CC1. The molecule has 0 radical (unpaired) electrons. The van der Waals surface area contributed by atoms with Gasteiger partial charge in [0.15, 0.2) is 0 Å². The normalized spacial score (nSPS) is 16.6. The highest BCUT2D eigenvalue weighted by atomic mass is 16.5. The molecule has 0 aromatic heterocycles. The molecule has 1 aliphatic rings. The first-order valence-electron chi connectivity index (χ1n) is 9.19. The summed E-state index contributed by atoms with van der Waals surface area (Å²) in [4.78, 5) is 28.3. The van der Waals surface area contributed by atoms with Crippen molar-refractivity contribution in [1.29, 1.82) is 0 Å². The minimum atomic E-state index is -0.0255. The van der Waals surface area contributed by atoms with E-state index in [0.29, 0.717) is 32.5 Å². The van der Waals surface area contributed by atoms with Crippen LogP contribution >= 0.6 is 0 Å². The fourth-order valence-electron chi connectivity index (χ4n) is 3.33. The Morgan fingerprint density at radius 2 is 1.85 bits per heavy atom. The van der Waals surface area contributed by atoms with Crippen molar-refractivity contribution in [3.8, 4) is 0 Å². The molecule has 6 heteroatoms. The maximum atomic E-state index is 12.6. The number of ether oxygens (including phenoxy) is 1. The average molecular weight is 361 g/mol. The monoisotopic (exact) mass is 361 g/mol. The van der Waals surface area contributed by atoms with Crippen molar-refractivity contribution in [2.24, 2.45) is 5.92 Å². The molecule has 0 saturated carbocycles. The number of hydrogen-bond acceptors (Lipinski definition) is 4. The zero-order valence-electron chi connectivity index (χ0n) is 16.3. The van der Waals surface area contributed by atoms with Crippen molar-refractivity contribution in [2.75, 3.05) is 47.4 Å². The molecule has 0 spiro atoms. The number of nitrogens with one attached hydrogen (secondary N) is 1. The average Bonchev–Trinajstić information content (AvgIpc) is 2.63. The summed E-state index contributed by atoms with van der Waals surface area (Å²) in [5, 5.41) is 3.11. The number of hydrogen-bond donors (Lipinski definition) is 1. The predicted octanol–water partition coefficient (Wildman–Crippen LogP) is 1.60. The topological polar surface area (TPSA) is 61.9 Å². The van der Waals surface area contributed by atoms with Gasteiger partial charge in [0.1, 0.15) is 6.61 Å². The van der Waals surface area contributed by atoms with Crippen LogP contribution in [-0.4, -0.2) is 69.1 Å². The number of amides is 2. The van der Waals surface area contributed by atoms with E-state index in [-0.39, 0.29) is 30.4 Å². The van der Waals surface area contributed by atoms with Crippen molar-refractivity contribution in [1.82, 2.24) is 15.1 Å². The third kappa shape index (κ3) is 5.54. The number of benzene rings is 1. The minimum absolute atomic E-state index is 0.00148. The van der Waals surface area contributed by atoms with Gasteiger partial charge in [-0.3, -0.25) is 9.59 Å². The summed E-state index contributed by atoms with van der Waals surface area (Å²) in [6.07, 6.45) is 1.41. The molecule has 1 N–H and O–H groups in total. The third-order valence-corrected chi connectivity index (χ3v) is 5.04. The van der Waals surface area contributed by atoms with Crippen LogP contribution in [0.4, 0.5) is 0 Å². The molecular formula is C20H31N3O3. The molecule has 0 bridgehead atoms. The van der Waals surface area contributed by atoms with Crippen LogP contribution in [0.2, 0.25) is 0 Å². The van der Waals surface area contributed by atoms with Crippen LogP contribution in [0.5, 0.6) is 0 Å². The van der Waals surface area contributed by atoms with Gasteiger partial charge in [-0.2, -0.15) is 0 Å². The quantitative estimate of drug-likeness (QED) is 0.801. The third-order valence-electron chi connectivity index (χ3n) is 5.04. The molecule has 1 atom stereocenters. The summed E-state index contributed by atoms with van der Waals surface area (Å²) in [5.41, 5.74) is 2.42. The van der Waals surface area contributed by atoms with Gasteiger partial charge in [0.05, 0.1) is 6.04 Å². The van der Waals surface area contributed by atoms with E-state index < -0.39 is 0 Å². The fraction of sp³-hybridized carbons (Fsp3) is 0.600. The van der Waals surface area contributed by atoms with E-state index in [2.05, 4.69) is 41.4 Å². The lowest BCUT2D eigenvalue weighted by atomic mass is 9.95. The number of nitrogens with zero attached hydrogens (tertiary/aromatic N) is 2. The molecule has 1 aromatic carbocycles. The van der Waals surface area contributed by atoms with Crippen molar-refractivity contribution in [3.05, 3.63) is 35.4 Å². The largest absolute Gasteiger partial charge is 0.375 e. The molecule has 2 amide bonds. The number of rotatable bonds is 7. The van der Waals surface area contributed by atoms with Crippen molar-refractivity contribution >= 4 is 11.8 Å². The Balaban J connectivity index is 1.85. The Hall–Kier alpha value is -1.92. The van der Waals surface area contributed by atoms with Gasteiger partial charge >= 0.3 is 0 Å². The van der Waals surface area contributed by atoms with Crippen LogP contribution in [0.1, 0.15) is 30.0 Å².